The van der Waals surface area contributed by atoms with E-state index in [0.29, 0.717) is 0 Å². The molecule has 1 aromatic carbocycles. The molecule has 2 aromatic rings. The molecular weight excluding hydrogens is 243 g/mol. The van der Waals surface area contributed by atoms with E-state index in [1.807, 2.05) is 0 Å². The molecule has 1 heterocycles. The minimum Gasteiger partial charge on any atom is -0.259 e. The average Bonchev–Trinajstić information content (AvgIpc) is 2.68. The van der Waals surface area contributed by atoms with Crippen LogP contribution in [0.3, 0.4) is 0 Å². The fourth-order valence-corrected chi connectivity index (χ4v) is 1.47. The van der Waals surface area contributed by atoms with Crippen LogP contribution in [0.25, 0.3) is 11.4 Å². The van der Waals surface area contributed by atoms with Crippen LogP contribution in [-0.4, -0.2) is 15.2 Å². The summed E-state index contributed by atoms with van der Waals surface area (Å²) < 4.78 is 37.5. The second-order valence-corrected chi connectivity index (χ2v) is 3.50. The molecule has 0 saturated carbocycles. The molecule has 0 aliphatic carbocycles. The summed E-state index contributed by atoms with van der Waals surface area (Å²) in [7, 11) is 0. The third-order valence-corrected chi connectivity index (χ3v) is 2.13. The van der Waals surface area contributed by atoms with Crippen molar-refractivity contribution >= 4 is 11.6 Å². The fourth-order valence-electron chi connectivity index (χ4n) is 1.23. The maximum Gasteiger partial charge on any atom is 0.416 e. The standard InChI is InChI=1S/C9H5ClF3N3/c10-7-2-5(8-14-4-15-16-8)1-6(3-7)9(11,12)13/h1-4H,(H,14,15,16). The topological polar surface area (TPSA) is 41.6 Å². The first-order chi connectivity index (χ1) is 7.47. The summed E-state index contributed by atoms with van der Waals surface area (Å²) >= 11 is 5.61. The Morgan fingerprint density at radius 3 is 2.50 bits per heavy atom. The van der Waals surface area contributed by atoms with Gasteiger partial charge in [-0.1, -0.05) is 11.6 Å². The molecule has 0 spiro atoms. The molecule has 0 bridgehead atoms. The molecule has 0 fully saturated rings. The largest absolute Gasteiger partial charge is 0.416 e. The first kappa shape index (κ1) is 10.9. The number of alkyl halides is 3. The van der Waals surface area contributed by atoms with E-state index in [9.17, 15) is 13.2 Å². The summed E-state index contributed by atoms with van der Waals surface area (Å²) in [5.74, 6) is 0.244. The number of hydrogen-bond donors (Lipinski definition) is 1. The van der Waals surface area contributed by atoms with Crippen LogP contribution in [0.5, 0.6) is 0 Å². The molecule has 0 aliphatic heterocycles. The number of aromatic nitrogens is 3. The zero-order chi connectivity index (χ0) is 11.8. The van der Waals surface area contributed by atoms with Crippen LogP contribution < -0.4 is 0 Å². The van der Waals surface area contributed by atoms with Gasteiger partial charge < -0.3 is 0 Å². The van der Waals surface area contributed by atoms with E-state index < -0.39 is 11.7 Å². The SMILES string of the molecule is FC(F)(F)c1cc(Cl)cc(-c2ncn[nH]2)c1. The molecule has 1 aromatic heterocycles. The summed E-state index contributed by atoms with van der Waals surface area (Å²) in [6.07, 6.45) is -3.22. The number of benzene rings is 1. The smallest absolute Gasteiger partial charge is 0.259 e. The van der Waals surface area contributed by atoms with Crippen LogP contribution in [0.15, 0.2) is 24.5 Å². The van der Waals surface area contributed by atoms with Crippen LogP contribution in [0, 0.1) is 0 Å². The van der Waals surface area contributed by atoms with E-state index in [1.54, 1.807) is 0 Å². The molecule has 2 rings (SSSR count). The van der Waals surface area contributed by atoms with Gasteiger partial charge in [0.2, 0.25) is 0 Å². The van der Waals surface area contributed by atoms with Crippen molar-refractivity contribution in [2.45, 2.75) is 6.18 Å². The predicted molar refractivity (Wildman–Crippen MR) is 51.8 cm³/mol. The lowest BCUT2D eigenvalue weighted by atomic mass is 10.1. The lowest BCUT2D eigenvalue weighted by Crippen LogP contribution is -2.05. The number of rotatable bonds is 1. The van der Waals surface area contributed by atoms with Crippen LogP contribution in [0.2, 0.25) is 5.02 Å². The number of aromatic amines is 1. The monoisotopic (exact) mass is 247 g/mol. The maximum atomic E-state index is 12.5. The second kappa shape index (κ2) is 3.79. The van der Waals surface area contributed by atoms with E-state index in [-0.39, 0.29) is 16.4 Å². The van der Waals surface area contributed by atoms with E-state index in [0.717, 1.165) is 12.1 Å². The van der Waals surface area contributed by atoms with Gasteiger partial charge in [-0.25, -0.2) is 4.98 Å². The Kier molecular flexibility index (Phi) is 2.59. The highest BCUT2D eigenvalue weighted by molar-refractivity contribution is 6.30. The zero-order valence-corrected chi connectivity index (χ0v) is 8.47. The minimum atomic E-state index is -4.43. The Morgan fingerprint density at radius 1 is 1.19 bits per heavy atom. The molecule has 0 atom stereocenters. The maximum absolute atomic E-state index is 12.5. The molecule has 0 saturated heterocycles. The number of H-pyrrole nitrogens is 1. The highest BCUT2D eigenvalue weighted by Crippen LogP contribution is 2.33. The van der Waals surface area contributed by atoms with Crippen LogP contribution in [0.1, 0.15) is 5.56 Å². The lowest BCUT2D eigenvalue weighted by molar-refractivity contribution is -0.137. The van der Waals surface area contributed by atoms with Gasteiger partial charge in [0.05, 0.1) is 5.56 Å². The van der Waals surface area contributed by atoms with Gasteiger partial charge in [0.1, 0.15) is 6.33 Å². The molecule has 84 valence electrons. The third-order valence-electron chi connectivity index (χ3n) is 1.91. The van der Waals surface area contributed by atoms with Gasteiger partial charge in [0.15, 0.2) is 5.82 Å². The lowest BCUT2D eigenvalue weighted by Gasteiger charge is -2.08. The Balaban J connectivity index is 2.53. The summed E-state index contributed by atoms with van der Waals surface area (Å²) in [5.41, 5.74) is -0.566. The summed E-state index contributed by atoms with van der Waals surface area (Å²) in [4.78, 5) is 3.76. The van der Waals surface area contributed by atoms with Crippen molar-refractivity contribution in [3.63, 3.8) is 0 Å². The molecule has 0 aliphatic rings. The zero-order valence-electron chi connectivity index (χ0n) is 7.72. The molecule has 1 N–H and O–H groups in total. The Bertz CT molecular complexity index is 493. The molecule has 3 nitrogen and oxygen atoms in total. The minimum absolute atomic E-state index is 0.00113. The molecule has 0 radical (unpaired) electrons. The summed E-state index contributed by atoms with van der Waals surface area (Å²) in [6.45, 7) is 0. The summed E-state index contributed by atoms with van der Waals surface area (Å²) in [6, 6.07) is 3.21. The third kappa shape index (κ3) is 2.16. The number of halogens is 4. The first-order valence-corrected chi connectivity index (χ1v) is 4.58. The van der Waals surface area contributed by atoms with Crippen molar-refractivity contribution in [3.05, 3.63) is 35.1 Å². The van der Waals surface area contributed by atoms with Gasteiger partial charge in [0, 0.05) is 10.6 Å². The van der Waals surface area contributed by atoms with Crippen molar-refractivity contribution in [2.24, 2.45) is 0 Å². The normalized spacial score (nSPS) is 11.8. The fraction of sp³-hybridized carbons (Fsp3) is 0.111. The summed E-state index contributed by atoms with van der Waals surface area (Å²) in [5, 5.41) is 6.03. The molecule has 16 heavy (non-hydrogen) atoms. The Morgan fingerprint density at radius 2 is 1.94 bits per heavy atom. The van der Waals surface area contributed by atoms with Gasteiger partial charge >= 0.3 is 6.18 Å². The van der Waals surface area contributed by atoms with Crippen LogP contribution >= 0.6 is 11.6 Å². The van der Waals surface area contributed by atoms with Crippen LogP contribution in [0.4, 0.5) is 13.2 Å². The Labute approximate surface area is 93.3 Å². The van der Waals surface area contributed by atoms with Gasteiger partial charge in [-0.3, -0.25) is 5.10 Å². The predicted octanol–water partition coefficient (Wildman–Crippen LogP) is 3.14. The van der Waals surface area contributed by atoms with Crippen molar-refractivity contribution in [3.8, 4) is 11.4 Å². The number of hydrogen-bond acceptors (Lipinski definition) is 2. The van der Waals surface area contributed by atoms with Crippen molar-refractivity contribution in [2.75, 3.05) is 0 Å². The molecule has 0 amide bonds. The van der Waals surface area contributed by atoms with Gasteiger partial charge in [0.25, 0.3) is 0 Å². The molecule has 7 heteroatoms. The van der Waals surface area contributed by atoms with E-state index >= 15 is 0 Å². The number of nitrogens with zero attached hydrogens (tertiary/aromatic N) is 2. The first-order valence-electron chi connectivity index (χ1n) is 4.20. The highest BCUT2D eigenvalue weighted by Gasteiger charge is 2.31. The second-order valence-electron chi connectivity index (χ2n) is 3.06. The van der Waals surface area contributed by atoms with Crippen molar-refractivity contribution in [1.29, 1.82) is 0 Å². The number of nitrogens with one attached hydrogen (secondary N) is 1. The van der Waals surface area contributed by atoms with Gasteiger partial charge in [-0.2, -0.15) is 18.3 Å². The average molecular weight is 248 g/mol. The quantitative estimate of drug-likeness (QED) is 0.841. The Hall–Kier alpha value is -1.56. The highest BCUT2D eigenvalue weighted by atomic mass is 35.5. The van der Waals surface area contributed by atoms with Gasteiger partial charge in [-0.15, -0.1) is 0 Å². The van der Waals surface area contributed by atoms with Crippen LogP contribution in [-0.2, 0) is 6.18 Å². The van der Waals surface area contributed by atoms with E-state index in [4.69, 9.17) is 11.6 Å². The molecule has 0 unspecified atom stereocenters. The van der Waals surface area contributed by atoms with E-state index in [1.165, 1.54) is 12.4 Å². The molecular formula is C9H5ClF3N3. The van der Waals surface area contributed by atoms with Crippen molar-refractivity contribution in [1.82, 2.24) is 15.2 Å². The van der Waals surface area contributed by atoms with Gasteiger partial charge in [-0.05, 0) is 18.2 Å². The van der Waals surface area contributed by atoms with Crippen molar-refractivity contribution < 1.29 is 13.2 Å². The van der Waals surface area contributed by atoms with E-state index in [2.05, 4.69) is 15.2 Å².